The standard InChI is InChI=1S/C19H15F2N7O3/c20-19(21)10-27(9-14(19)31-15-3-1-2-4-22-15)13-7-12(26-28-6-5-23-16(13)28)11-8-24-18(30)25-17(11)29/h1-8,14H,9-10H2,(H2,24,25,29,30)/t14-/m0/s1. The summed E-state index contributed by atoms with van der Waals surface area (Å²) in [5.74, 6) is -3.05. The third-order valence-corrected chi connectivity index (χ3v) is 4.94. The van der Waals surface area contributed by atoms with E-state index in [2.05, 4.69) is 25.0 Å². The fraction of sp³-hybridized carbons (Fsp3) is 0.211. The molecule has 1 fully saturated rings. The van der Waals surface area contributed by atoms with Crippen molar-refractivity contribution in [2.45, 2.75) is 12.0 Å². The Morgan fingerprint density at radius 2 is 2.06 bits per heavy atom. The number of rotatable bonds is 4. The Morgan fingerprint density at radius 1 is 1.19 bits per heavy atom. The third kappa shape index (κ3) is 3.41. The smallest absolute Gasteiger partial charge is 0.325 e. The predicted octanol–water partition coefficient (Wildman–Crippen LogP) is 1.07. The zero-order valence-electron chi connectivity index (χ0n) is 15.8. The highest BCUT2D eigenvalue weighted by Crippen LogP contribution is 2.36. The fourth-order valence-electron chi connectivity index (χ4n) is 3.49. The number of aromatic nitrogens is 6. The summed E-state index contributed by atoms with van der Waals surface area (Å²) in [6, 6.07) is 6.32. The lowest BCUT2D eigenvalue weighted by atomic mass is 10.2. The van der Waals surface area contributed by atoms with Crippen LogP contribution in [0.3, 0.4) is 0 Å². The van der Waals surface area contributed by atoms with Gasteiger partial charge in [-0.1, -0.05) is 6.07 Å². The van der Waals surface area contributed by atoms with Crippen LogP contribution in [0.25, 0.3) is 16.9 Å². The highest BCUT2D eigenvalue weighted by molar-refractivity contribution is 5.74. The van der Waals surface area contributed by atoms with E-state index in [1.165, 1.54) is 46.3 Å². The first-order valence-corrected chi connectivity index (χ1v) is 9.28. The van der Waals surface area contributed by atoms with Crippen LogP contribution in [0.15, 0.2) is 58.6 Å². The van der Waals surface area contributed by atoms with Gasteiger partial charge >= 0.3 is 11.6 Å². The Kier molecular flexibility index (Phi) is 4.27. The highest BCUT2D eigenvalue weighted by Gasteiger charge is 2.50. The molecule has 5 rings (SSSR count). The molecule has 1 saturated heterocycles. The first kappa shape index (κ1) is 18.9. The molecule has 2 N–H and O–H groups in total. The van der Waals surface area contributed by atoms with Crippen LogP contribution in [0.4, 0.5) is 14.5 Å². The van der Waals surface area contributed by atoms with E-state index in [0.717, 1.165) is 0 Å². The van der Waals surface area contributed by atoms with Crippen molar-refractivity contribution < 1.29 is 13.5 Å². The van der Waals surface area contributed by atoms with Crippen molar-refractivity contribution in [3.05, 3.63) is 69.9 Å². The number of hydrogen-bond donors (Lipinski definition) is 2. The lowest BCUT2D eigenvalue weighted by Crippen LogP contribution is -2.36. The van der Waals surface area contributed by atoms with Gasteiger partial charge in [-0.15, -0.1) is 0 Å². The molecule has 1 atom stereocenters. The van der Waals surface area contributed by atoms with E-state index >= 15 is 0 Å². The van der Waals surface area contributed by atoms with Gasteiger partial charge < -0.3 is 14.6 Å². The number of hydrogen-bond acceptors (Lipinski definition) is 7. The summed E-state index contributed by atoms with van der Waals surface area (Å²) in [5.41, 5.74) is -0.332. The second-order valence-electron chi connectivity index (χ2n) is 7.01. The monoisotopic (exact) mass is 427 g/mol. The second kappa shape index (κ2) is 7.00. The summed E-state index contributed by atoms with van der Waals surface area (Å²) in [6.45, 7) is -0.740. The van der Waals surface area contributed by atoms with Gasteiger partial charge in [0.1, 0.15) is 5.69 Å². The van der Waals surface area contributed by atoms with Crippen LogP contribution in [0.5, 0.6) is 5.88 Å². The molecule has 0 bridgehead atoms. The Hall–Kier alpha value is -4.09. The van der Waals surface area contributed by atoms with Crippen LogP contribution < -0.4 is 20.9 Å². The average molecular weight is 427 g/mol. The van der Waals surface area contributed by atoms with Crippen molar-refractivity contribution in [3.8, 4) is 17.1 Å². The van der Waals surface area contributed by atoms with Crippen LogP contribution in [0, 0.1) is 0 Å². The van der Waals surface area contributed by atoms with E-state index in [9.17, 15) is 18.4 Å². The van der Waals surface area contributed by atoms with Gasteiger partial charge in [0.25, 0.3) is 5.56 Å². The highest BCUT2D eigenvalue weighted by atomic mass is 19.3. The molecule has 0 radical (unpaired) electrons. The van der Waals surface area contributed by atoms with E-state index in [1.807, 2.05) is 0 Å². The minimum atomic E-state index is -3.15. The summed E-state index contributed by atoms with van der Waals surface area (Å²) in [7, 11) is 0. The van der Waals surface area contributed by atoms with Crippen LogP contribution in [0.2, 0.25) is 0 Å². The van der Waals surface area contributed by atoms with Crippen molar-refractivity contribution >= 4 is 11.3 Å². The van der Waals surface area contributed by atoms with E-state index < -0.39 is 29.8 Å². The minimum Gasteiger partial charge on any atom is -0.466 e. The van der Waals surface area contributed by atoms with Gasteiger partial charge in [-0.05, 0) is 12.1 Å². The molecule has 12 heteroatoms. The summed E-state index contributed by atoms with van der Waals surface area (Å²) >= 11 is 0. The van der Waals surface area contributed by atoms with Crippen molar-refractivity contribution in [2.24, 2.45) is 0 Å². The minimum absolute atomic E-state index is 0.0868. The topological polar surface area (TPSA) is 121 Å². The van der Waals surface area contributed by atoms with Crippen LogP contribution in [-0.4, -0.2) is 54.7 Å². The van der Waals surface area contributed by atoms with Gasteiger partial charge in [-0.2, -0.15) is 5.10 Å². The Morgan fingerprint density at radius 3 is 2.84 bits per heavy atom. The SMILES string of the molecule is O=c1[nH]cc(-c2cc(N3C[C@H](Oc4ccccn4)C(F)(F)C3)c3nccn3n2)c(=O)[nH]1. The molecule has 4 aromatic rings. The number of nitrogens with zero attached hydrogens (tertiary/aromatic N) is 5. The number of imidazole rings is 1. The van der Waals surface area contributed by atoms with Gasteiger partial charge in [-0.3, -0.25) is 9.78 Å². The lowest BCUT2D eigenvalue weighted by Gasteiger charge is -2.19. The first-order valence-electron chi connectivity index (χ1n) is 9.28. The molecule has 158 valence electrons. The maximum atomic E-state index is 14.8. The normalized spacial score (nSPS) is 17.9. The molecule has 1 aliphatic rings. The summed E-state index contributed by atoms with van der Waals surface area (Å²) in [4.78, 5) is 37.6. The molecule has 0 spiro atoms. The molecule has 10 nitrogen and oxygen atoms in total. The third-order valence-electron chi connectivity index (χ3n) is 4.94. The van der Waals surface area contributed by atoms with Crippen LogP contribution in [0.1, 0.15) is 0 Å². The molecule has 0 aromatic carbocycles. The lowest BCUT2D eigenvalue weighted by molar-refractivity contribution is -0.0608. The number of H-pyrrole nitrogens is 2. The van der Waals surface area contributed by atoms with Crippen molar-refractivity contribution in [1.29, 1.82) is 0 Å². The molecule has 0 saturated carbocycles. The number of anilines is 1. The number of nitrogens with one attached hydrogen (secondary N) is 2. The van der Waals surface area contributed by atoms with Gasteiger partial charge in [-0.25, -0.2) is 28.1 Å². The summed E-state index contributed by atoms with van der Waals surface area (Å²) < 4.78 is 36.3. The van der Waals surface area contributed by atoms with Gasteiger partial charge in [0, 0.05) is 30.9 Å². The number of aromatic amines is 2. The Labute approximate surface area is 172 Å². The molecule has 4 aromatic heterocycles. The summed E-state index contributed by atoms with van der Waals surface area (Å²) in [6.07, 6.45) is 4.28. The molecular formula is C19H15F2N7O3. The van der Waals surface area contributed by atoms with E-state index in [4.69, 9.17) is 4.74 Å². The molecule has 1 aliphatic heterocycles. The maximum Gasteiger partial charge on any atom is 0.325 e. The Balaban J connectivity index is 1.55. The van der Waals surface area contributed by atoms with Crippen molar-refractivity contribution in [2.75, 3.05) is 18.0 Å². The molecule has 0 amide bonds. The first-order chi connectivity index (χ1) is 14.9. The fourth-order valence-corrected chi connectivity index (χ4v) is 3.49. The van der Waals surface area contributed by atoms with E-state index in [-0.39, 0.29) is 23.7 Å². The summed E-state index contributed by atoms with van der Waals surface area (Å²) in [5, 5.41) is 4.31. The average Bonchev–Trinajstić information content (AvgIpc) is 3.32. The molecule has 31 heavy (non-hydrogen) atoms. The number of halogens is 2. The van der Waals surface area contributed by atoms with Crippen LogP contribution in [-0.2, 0) is 0 Å². The molecule has 0 unspecified atom stereocenters. The van der Waals surface area contributed by atoms with Crippen molar-refractivity contribution in [3.63, 3.8) is 0 Å². The predicted molar refractivity (Wildman–Crippen MR) is 105 cm³/mol. The molecule has 5 heterocycles. The maximum absolute atomic E-state index is 14.8. The molecule has 0 aliphatic carbocycles. The number of alkyl halides is 2. The van der Waals surface area contributed by atoms with Gasteiger partial charge in [0.15, 0.2) is 11.8 Å². The zero-order chi connectivity index (χ0) is 21.6. The van der Waals surface area contributed by atoms with E-state index in [0.29, 0.717) is 11.3 Å². The second-order valence-corrected chi connectivity index (χ2v) is 7.01. The molecular weight excluding hydrogens is 412 g/mol. The van der Waals surface area contributed by atoms with Gasteiger partial charge in [0.2, 0.25) is 5.88 Å². The van der Waals surface area contributed by atoms with E-state index in [1.54, 1.807) is 12.1 Å². The number of pyridine rings is 1. The number of fused-ring (bicyclic) bond motifs is 1. The van der Waals surface area contributed by atoms with Gasteiger partial charge in [0.05, 0.1) is 24.3 Å². The van der Waals surface area contributed by atoms with Crippen LogP contribution >= 0.6 is 0 Å². The Bertz CT molecular complexity index is 1370. The number of ether oxygens (including phenoxy) is 1. The van der Waals surface area contributed by atoms with Crippen molar-refractivity contribution in [1.82, 2.24) is 29.5 Å². The zero-order valence-corrected chi connectivity index (χ0v) is 15.8. The largest absolute Gasteiger partial charge is 0.466 e. The quantitative estimate of drug-likeness (QED) is 0.500.